The second-order valence-electron chi connectivity index (χ2n) is 7.45. The van der Waals surface area contributed by atoms with Gasteiger partial charge in [-0.1, -0.05) is 71.7 Å². The molecule has 4 nitrogen and oxygen atoms in total. The van der Waals surface area contributed by atoms with Gasteiger partial charge in [-0.15, -0.1) is 0 Å². The van der Waals surface area contributed by atoms with E-state index in [1.54, 1.807) is 12.1 Å². The summed E-state index contributed by atoms with van der Waals surface area (Å²) in [5.74, 6) is 0. The first kappa shape index (κ1) is 19.1. The van der Waals surface area contributed by atoms with E-state index >= 15 is 0 Å². The van der Waals surface area contributed by atoms with Gasteiger partial charge in [-0.05, 0) is 36.4 Å². The van der Waals surface area contributed by atoms with Gasteiger partial charge in [0.2, 0.25) is 0 Å². The van der Waals surface area contributed by atoms with Gasteiger partial charge in [-0.2, -0.15) is 0 Å². The number of hydrogen-bond acceptors (Lipinski definition) is 4. The van der Waals surface area contributed by atoms with Crippen molar-refractivity contribution in [2.24, 2.45) is 0 Å². The van der Waals surface area contributed by atoms with E-state index in [4.69, 9.17) is 43.1 Å². The molecular weight excluding hydrogens is 439 g/mol. The molecule has 3 heterocycles. The Morgan fingerprint density at radius 3 is 1.34 bits per heavy atom. The number of halogens is 2. The Kier molecular flexibility index (Phi) is 4.49. The van der Waals surface area contributed by atoms with Crippen molar-refractivity contribution in [2.75, 3.05) is 0 Å². The Labute approximate surface area is 193 Å². The first-order valence-electron chi connectivity index (χ1n) is 10.0. The molecule has 0 aliphatic heterocycles. The molecule has 0 saturated heterocycles. The third kappa shape index (κ3) is 3.25. The lowest BCUT2D eigenvalue weighted by Gasteiger charge is -2.11. The van der Waals surface area contributed by atoms with Gasteiger partial charge in [0.25, 0.3) is 0 Å². The zero-order valence-electron chi connectivity index (χ0n) is 16.6. The topological polar surface area (TPSA) is 51.6 Å². The van der Waals surface area contributed by atoms with Crippen LogP contribution in [-0.4, -0.2) is 19.9 Å². The molecule has 152 valence electrons. The summed E-state index contributed by atoms with van der Waals surface area (Å²) in [4.78, 5) is 19.5. The summed E-state index contributed by atoms with van der Waals surface area (Å²) in [5, 5.41) is 2.99. The summed E-state index contributed by atoms with van der Waals surface area (Å²) in [5.41, 5.74) is 5.79. The van der Waals surface area contributed by atoms with Gasteiger partial charge in [0.1, 0.15) is 11.4 Å². The van der Waals surface area contributed by atoms with Gasteiger partial charge in [0.05, 0.1) is 43.5 Å². The Balaban J connectivity index is 1.66. The van der Waals surface area contributed by atoms with Crippen molar-refractivity contribution in [3.8, 4) is 22.8 Å². The number of hydrogen-bond donors (Lipinski definition) is 0. The van der Waals surface area contributed by atoms with Crippen LogP contribution in [0.5, 0.6) is 0 Å². The number of benzene rings is 3. The highest BCUT2D eigenvalue weighted by atomic mass is 35.5. The minimum Gasteiger partial charge on any atom is -0.246 e. The molecule has 0 unspecified atom stereocenters. The highest BCUT2D eigenvalue weighted by Gasteiger charge is 2.17. The van der Waals surface area contributed by atoms with Crippen molar-refractivity contribution >= 4 is 56.0 Å². The van der Waals surface area contributed by atoms with Crippen LogP contribution in [0, 0.1) is 0 Å². The summed E-state index contributed by atoms with van der Waals surface area (Å²) >= 11 is 12.5. The number of rotatable bonds is 2. The number of para-hydroxylation sites is 2. The number of pyridine rings is 2. The maximum atomic E-state index is 6.26. The summed E-state index contributed by atoms with van der Waals surface area (Å²) < 4.78 is 0. The molecule has 3 aromatic heterocycles. The highest BCUT2D eigenvalue weighted by molar-refractivity contribution is 6.42. The average molecular weight is 453 g/mol. The first-order valence-corrected chi connectivity index (χ1v) is 10.8. The number of aromatic nitrogens is 4. The van der Waals surface area contributed by atoms with Crippen LogP contribution in [-0.2, 0) is 0 Å². The van der Waals surface area contributed by atoms with Crippen LogP contribution < -0.4 is 0 Å². The predicted molar refractivity (Wildman–Crippen MR) is 131 cm³/mol. The first-order chi connectivity index (χ1) is 15.7. The van der Waals surface area contributed by atoms with Crippen LogP contribution in [0.25, 0.3) is 55.6 Å². The van der Waals surface area contributed by atoms with Crippen LogP contribution in [0.1, 0.15) is 0 Å². The molecule has 6 rings (SSSR count). The van der Waals surface area contributed by atoms with Gasteiger partial charge in [0.15, 0.2) is 0 Å². The van der Waals surface area contributed by atoms with E-state index in [0.29, 0.717) is 43.9 Å². The van der Waals surface area contributed by atoms with Crippen LogP contribution in [0.3, 0.4) is 0 Å². The van der Waals surface area contributed by atoms with E-state index in [9.17, 15) is 0 Å². The van der Waals surface area contributed by atoms with Crippen LogP contribution >= 0.6 is 23.2 Å². The van der Waals surface area contributed by atoms with Gasteiger partial charge in [0, 0.05) is 10.8 Å². The van der Waals surface area contributed by atoms with E-state index in [1.807, 2.05) is 72.8 Å². The minimum atomic E-state index is 0.433. The monoisotopic (exact) mass is 452 g/mol. The molecule has 0 bridgehead atoms. The smallest absolute Gasteiger partial charge is 0.117 e. The van der Waals surface area contributed by atoms with Crippen LogP contribution in [0.15, 0.2) is 84.9 Å². The highest BCUT2D eigenvalue weighted by Crippen LogP contribution is 2.33. The summed E-state index contributed by atoms with van der Waals surface area (Å²) in [6, 6.07) is 27.4. The molecule has 0 atom stereocenters. The summed E-state index contributed by atoms with van der Waals surface area (Å²) in [6.45, 7) is 0. The zero-order valence-corrected chi connectivity index (χ0v) is 18.1. The molecule has 6 heteroatoms. The van der Waals surface area contributed by atoms with E-state index in [0.717, 1.165) is 21.8 Å². The molecule has 0 radical (unpaired) electrons. The lowest BCUT2D eigenvalue weighted by Crippen LogP contribution is -1.99. The maximum absolute atomic E-state index is 6.26. The molecule has 6 aromatic rings. The molecule has 0 amide bonds. The molecule has 3 aromatic carbocycles. The lowest BCUT2D eigenvalue weighted by atomic mass is 10.1. The Morgan fingerprint density at radius 2 is 0.875 bits per heavy atom. The van der Waals surface area contributed by atoms with Crippen molar-refractivity contribution in [1.82, 2.24) is 19.9 Å². The summed E-state index contributed by atoms with van der Waals surface area (Å²) in [6.07, 6.45) is 0. The van der Waals surface area contributed by atoms with Crippen molar-refractivity contribution < 1.29 is 0 Å². The number of nitrogens with zero attached hydrogens (tertiary/aromatic N) is 4. The molecule has 0 N–H and O–H groups in total. The molecule has 0 aliphatic rings. The quantitative estimate of drug-likeness (QED) is 0.275. The molecule has 32 heavy (non-hydrogen) atoms. The van der Waals surface area contributed by atoms with Gasteiger partial charge in [-0.25, -0.2) is 19.9 Å². The van der Waals surface area contributed by atoms with Crippen molar-refractivity contribution in [3.05, 3.63) is 95.0 Å². The number of fused-ring (bicyclic) bond motifs is 3. The van der Waals surface area contributed by atoms with E-state index in [1.165, 1.54) is 0 Å². The normalized spacial score (nSPS) is 11.4. The third-order valence-corrected chi connectivity index (χ3v) is 6.11. The molecule has 0 spiro atoms. The third-order valence-electron chi connectivity index (χ3n) is 5.39. The van der Waals surface area contributed by atoms with Crippen LogP contribution in [0.4, 0.5) is 0 Å². The second kappa shape index (κ2) is 7.52. The Morgan fingerprint density at radius 1 is 0.438 bits per heavy atom. The largest absolute Gasteiger partial charge is 0.246 e. The van der Waals surface area contributed by atoms with Gasteiger partial charge in [-0.3, -0.25) is 0 Å². The molecular formula is C26H14Cl2N4. The van der Waals surface area contributed by atoms with E-state index < -0.39 is 0 Å². The van der Waals surface area contributed by atoms with Crippen molar-refractivity contribution in [3.63, 3.8) is 0 Å². The minimum absolute atomic E-state index is 0.433. The average Bonchev–Trinajstić information content (AvgIpc) is 2.83. The van der Waals surface area contributed by atoms with E-state index in [2.05, 4.69) is 0 Å². The van der Waals surface area contributed by atoms with Gasteiger partial charge < -0.3 is 0 Å². The fourth-order valence-electron chi connectivity index (χ4n) is 3.80. The van der Waals surface area contributed by atoms with Crippen molar-refractivity contribution in [2.45, 2.75) is 0 Å². The standard InChI is InChI=1S/C26H14Cl2N4/c27-17-13-23-24(14-18(17)28)32-26(22-12-10-16-6-2-4-8-20(16)30-22)25(31-23)21-11-9-15-5-1-3-7-19(15)29-21/h1-14H. The molecule has 0 fully saturated rings. The fraction of sp³-hybridized carbons (Fsp3) is 0. The van der Waals surface area contributed by atoms with Crippen LogP contribution in [0.2, 0.25) is 10.0 Å². The lowest BCUT2D eigenvalue weighted by molar-refractivity contribution is 1.23. The Bertz CT molecular complexity index is 1540. The molecule has 0 aliphatic carbocycles. The SMILES string of the molecule is Clc1cc2nc(-c3ccc4ccccc4n3)c(-c3ccc4ccccc4n3)nc2cc1Cl. The van der Waals surface area contributed by atoms with Crippen molar-refractivity contribution in [1.29, 1.82) is 0 Å². The zero-order chi connectivity index (χ0) is 21.7. The predicted octanol–water partition coefficient (Wildman–Crippen LogP) is 7.37. The Hall–Kier alpha value is -3.60. The van der Waals surface area contributed by atoms with Gasteiger partial charge >= 0.3 is 0 Å². The maximum Gasteiger partial charge on any atom is 0.117 e. The van der Waals surface area contributed by atoms with E-state index in [-0.39, 0.29) is 0 Å². The second-order valence-corrected chi connectivity index (χ2v) is 8.27. The fourth-order valence-corrected chi connectivity index (χ4v) is 4.12. The summed E-state index contributed by atoms with van der Waals surface area (Å²) in [7, 11) is 0. The molecule has 0 saturated carbocycles.